The zero-order valence-electron chi connectivity index (χ0n) is 8.42. The smallest absolute Gasteiger partial charge is 0.334 e. The first-order chi connectivity index (χ1) is 6.84. The maximum atomic E-state index is 11.3. The Bertz CT molecular complexity index is 198. The normalized spacial score (nSPS) is 23.1. The van der Waals surface area contributed by atoms with Gasteiger partial charge in [-0.1, -0.05) is 12.8 Å². The van der Waals surface area contributed by atoms with E-state index in [9.17, 15) is 4.79 Å². The molecule has 0 aromatic heterocycles. The highest BCUT2D eigenvalue weighted by Crippen LogP contribution is 2.20. The maximum absolute atomic E-state index is 11.3. The molecule has 2 rings (SSSR count). The van der Waals surface area contributed by atoms with Gasteiger partial charge in [-0.15, -0.1) is 0 Å². The molecular weight excluding hydrogens is 180 g/mol. The summed E-state index contributed by atoms with van der Waals surface area (Å²) in [6.07, 6.45) is 8.27. The molecule has 0 heterocycles. The molecular formula is C10H18N2O2. The maximum Gasteiger partial charge on any atom is 0.338 e. The highest BCUT2D eigenvalue weighted by Gasteiger charge is 2.21. The molecule has 0 saturated heterocycles. The van der Waals surface area contributed by atoms with Crippen LogP contribution in [0.5, 0.6) is 0 Å². The number of carbonyl (C=O) groups is 1. The zero-order chi connectivity index (χ0) is 9.80. The zero-order valence-corrected chi connectivity index (χ0v) is 8.42. The molecule has 0 atom stereocenters. The van der Waals surface area contributed by atoms with E-state index in [1.54, 1.807) is 0 Å². The van der Waals surface area contributed by atoms with Crippen molar-refractivity contribution >= 4 is 6.03 Å². The number of carbonyl (C=O) groups excluding carboxylic acids is 1. The van der Waals surface area contributed by atoms with Gasteiger partial charge in [-0.05, 0) is 32.1 Å². The van der Waals surface area contributed by atoms with Crippen LogP contribution in [0.25, 0.3) is 0 Å². The molecule has 0 radical (unpaired) electrons. The van der Waals surface area contributed by atoms with E-state index in [-0.39, 0.29) is 12.1 Å². The van der Waals surface area contributed by atoms with Crippen molar-refractivity contribution in [2.24, 2.45) is 0 Å². The van der Waals surface area contributed by atoms with Crippen molar-refractivity contribution in [3.8, 4) is 0 Å². The number of amides is 2. The molecule has 80 valence electrons. The van der Waals surface area contributed by atoms with Crippen LogP contribution in [0.15, 0.2) is 0 Å². The van der Waals surface area contributed by atoms with Gasteiger partial charge in [-0.2, -0.15) is 0 Å². The summed E-state index contributed by atoms with van der Waals surface area (Å²) >= 11 is 0. The van der Waals surface area contributed by atoms with Crippen molar-refractivity contribution in [3.63, 3.8) is 0 Å². The fourth-order valence-electron chi connectivity index (χ4n) is 1.91. The van der Waals surface area contributed by atoms with Crippen LogP contribution in [0, 0.1) is 0 Å². The van der Waals surface area contributed by atoms with E-state index in [4.69, 9.17) is 4.84 Å². The standard InChI is InChI=1S/C10H18N2O2/c13-10(11-8-4-3-5-8)12-14-9-6-1-2-7-9/h8-9H,1-7H2,(H2,11,12,13). The van der Waals surface area contributed by atoms with E-state index in [2.05, 4.69) is 10.8 Å². The Morgan fingerprint density at radius 3 is 2.36 bits per heavy atom. The highest BCUT2D eigenvalue weighted by molar-refractivity contribution is 5.73. The Hall–Kier alpha value is -0.770. The van der Waals surface area contributed by atoms with Crippen molar-refractivity contribution in [2.45, 2.75) is 57.1 Å². The van der Waals surface area contributed by atoms with Crippen molar-refractivity contribution in [3.05, 3.63) is 0 Å². The summed E-state index contributed by atoms with van der Waals surface area (Å²) in [5.41, 5.74) is 2.47. The lowest BCUT2D eigenvalue weighted by molar-refractivity contribution is -0.000977. The molecule has 0 aromatic rings. The fourth-order valence-corrected chi connectivity index (χ4v) is 1.91. The van der Waals surface area contributed by atoms with E-state index in [0.29, 0.717) is 6.04 Å². The quantitative estimate of drug-likeness (QED) is 0.678. The SMILES string of the molecule is O=C(NOC1CCCC1)NC1CCC1. The third kappa shape index (κ3) is 2.61. The second-order valence-electron chi connectivity index (χ2n) is 4.23. The van der Waals surface area contributed by atoms with Crippen LogP contribution in [0.2, 0.25) is 0 Å². The molecule has 0 bridgehead atoms. The van der Waals surface area contributed by atoms with Gasteiger partial charge in [0.1, 0.15) is 0 Å². The first-order valence-corrected chi connectivity index (χ1v) is 5.57. The molecule has 0 unspecified atom stereocenters. The number of hydroxylamine groups is 1. The third-order valence-electron chi connectivity index (χ3n) is 3.06. The van der Waals surface area contributed by atoms with Gasteiger partial charge in [0, 0.05) is 6.04 Å². The Morgan fingerprint density at radius 1 is 1.07 bits per heavy atom. The first kappa shape index (κ1) is 9.77. The third-order valence-corrected chi connectivity index (χ3v) is 3.06. The monoisotopic (exact) mass is 198 g/mol. The second kappa shape index (κ2) is 4.64. The minimum absolute atomic E-state index is 0.179. The predicted molar refractivity (Wildman–Crippen MR) is 52.6 cm³/mol. The van der Waals surface area contributed by atoms with Crippen LogP contribution in [0.3, 0.4) is 0 Å². The summed E-state index contributed by atoms with van der Waals surface area (Å²) < 4.78 is 0. The summed E-state index contributed by atoms with van der Waals surface area (Å²) in [6, 6.07) is 0.198. The molecule has 0 aromatic carbocycles. The van der Waals surface area contributed by atoms with Gasteiger partial charge in [0.05, 0.1) is 6.10 Å². The van der Waals surface area contributed by atoms with Crippen molar-refractivity contribution in [1.82, 2.24) is 10.8 Å². The van der Waals surface area contributed by atoms with Crippen molar-refractivity contribution in [2.75, 3.05) is 0 Å². The molecule has 2 N–H and O–H groups in total. The van der Waals surface area contributed by atoms with E-state index >= 15 is 0 Å². The van der Waals surface area contributed by atoms with Crippen LogP contribution >= 0.6 is 0 Å². The first-order valence-electron chi connectivity index (χ1n) is 5.57. The molecule has 2 saturated carbocycles. The van der Waals surface area contributed by atoms with E-state index < -0.39 is 0 Å². The van der Waals surface area contributed by atoms with E-state index in [0.717, 1.165) is 25.7 Å². The van der Waals surface area contributed by atoms with Gasteiger partial charge in [0.2, 0.25) is 0 Å². The van der Waals surface area contributed by atoms with Crippen LogP contribution in [0.4, 0.5) is 4.79 Å². The van der Waals surface area contributed by atoms with E-state index in [1.807, 2.05) is 0 Å². The number of rotatable bonds is 3. The molecule has 0 spiro atoms. The minimum atomic E-state index is -0.179. The lowest BCUT2D eigenvalue weighted by Crippen LogP contribution is -2.45. The predicted octanol–water partition coefficient (Wildman–Crippen LogP) is 1.71. The second-order valence-corrected chi connectivity index (χ2v) is 4.23. The summed E-state index contributed by atoms with van der Waals surface area (Å²) in [7, 11) is 0. The number of nitrogens with one attached hydrogen (secondary N) is 2. The lowest BCUT2D eigenvalue weighted by Gasteiger charge is -2.26. The van der Waals surface area contributed by atoms with Crippen molar-refractivity contribution in [1.29, 1.82) is 0 Å². The van der Waals surface area contributed by atoms with Gasteiger partial charge in [-0.25, -0.2) is 10.3 Å². The number of hydrogen-bond donors (Lipinski definition) is 2. The topological polar surface area (TPSA) is 50.4 Å². The van der Waals surface area contributed by atoms with Crippen LogP contribution < -0.4 is 10.8 Å². The van der Waals surface area contributed by atoms with E-state index in [1.165, 1.54) is 19.3 Å². The van der Waals surface area contributed by atoms with Gasteiger partial charge >= 0.3 is 6.03 Å². The van der Waals surface area contributed by atoms with Crippen LogP contribution in [-0.2, 0) is 4.84 Å². The van der Waals surface area contributed by atoms with Gasteiger partial charge in [0.25, 0.3) is 0 Å². The molecule has 4 heteroatoms. The summed E-state index contributed by atoms with van der Waals surface area (Å²) in [4.78, 5) is 16.5. The number of urea groups is 1. The Morgan fingerprint density at radius 2 is 1.79 bits per heavy atom. The Balaban J connectivity index is 1.57. The van der Waals surface area contributed by atoms with Gasteiger partial charge in [0.15, 0.2) is 0 Å². The number of hydrogen-bond acceptors (Lipinski definition) is 2. The average Bonchev–Trinajstić information content (AvgIpc) is 2.60. The lowest BCUT2D eigenvalue weighted by atomic mass is 9.93. The summed E-state index contributed by atoms with van der Waals surface area (Å²) in [5.74, 6) is 0. The molecule has 2 fully saturated rings. The average molecular weight is 198 g/mol. The Kier molecular flexibility index (Phi) is 3.24. The fraction of sp³-hybridized carbons (Fsp3) is 0.900. The minimum Gasteiger partial charge on any atom is -0.334 e. The highest BCUT2D eigenvalue weighted by atomic mass is 16.7. The largest absolute Gasteiger partial charge is 0.338 e. The van der Waals surface area contributed by atoms with Gasteiger partial charge in [-0.3, -0.25) is 4.84 Å². The summed E-state index contributed by atoms with van der Waals surface area (Å²) in [5, 5.41) is 2.87. The molecule has 0 aliphatic heterocycles. The Labute approximate surface area is 84.3 Å². The molecule has 2 aliphatic rings. The van der Waals surface area contributed by atoms with Crippen LogP contribution in [-0.4, -0.2) is 18.2 Å². The summed E-state index contributed by atoms with van der Waals surface area (Å²) in [6.45, 7) is 0. The van der Waals surface area contributed by atoms with Crippen LogP contribution in [0.1, 0.15) is 44.9 Å². The molecule has 4 nitrogen and oxygen atoms in total. The van der Waals surface area contributed by atoms with Crippen molar-refractivity contribution < 1.29 is 9.63 Å². The molecule has 2 aliphatic carbocycles. The molecule has 14 heavy (non-hydrogen) atoms. The molecule has 2 amide bonds. The van der Waals surface area contributed by atoms with Gasteiger partial charge < -0.3 is 5.32 Å².